The zero-order valence-electron chi connectivity index (χ0n) is 11.6. The quantitative estimate of drug-likeness (QED) is 0.474. The van der Waals surface area contributed by atoms with Crippen molar-refractivity contribution < 1.29 is 18.1 Å². The fourth-order valence-electron chi connectivity index (χ4n) is 1.22. The average molecular weight is 289 g/mol. The molecule has 0 radical (unpaired) electrons. The van der Waals surface area contributed by atoms with Crippen LogP contribution in [-0.4, -0.2) is 13.2 Å². The van der Waals surface area contributed by atoms with Crippen LogP contribution in [0, 0.1) is 21.7 Å². The van der Waals surface area contributed by atoms with E-state index in [1.807, 2.05) is 33.9 Å². The van der Waals surface area contributed by atoms with Gasteiger partial charge in [-0.05, 0) is 18.1 Å². The van der Waals surface area contributed by atoms with Crippen LogP contribution in [0.3, 0.4) is 0 Å². The molecule has 0 saturated carbocycles. The minimum absolute atomic E-state index is 0.00723. The van der Waals surface area contributed by atoms with Crippen molar-refractivity contribution in [1.82, 2.24) is 0 Å². The smallest absolute Gasteiger partial charge is 0.340 e. The zero-order chi connectivity index (χ0) is 15.0. The van der Waals surface area contributed by atoms with E-state index in [9.17, 15) is 18.9 Å². The number of nitro benzene ring substituents is 1. The Hall–Kier alpha value is -1.50. The van der Waals surface area contributed by atoms with Crippen LogP contribution in [0.1, 0.15) is 20.8 Å². The number of rotatable bonds is 3. The summed E-state index contributed by atoms with van der Waals surface area (Å²) in [6.07, 6.45) is 0. The van der Waals surface area contributed by atoms with Crippen molar-refractivity contribution in [3.8, 4) is 5.75 Å². The van der Waals surface area contributed by atoms with Gasteiger partial charge in [-0.1, -0.05) is 20.8 Å². The van der Waals surface area contributed by atoms with Crippen molar-refractivity contribution in [2.45, 2.75) is 38.9 Å². The van der Waals surface area contributed by atoms with E-state index < -0.39 is 30.6 Å². The molecule has 0 bridgehead atoms. The molecule has 0 aromatic heterocycles. The Morgan fingerprint density at radius 1 is 1.21 bits per heavy atom. The molecule has 0 aliphatic rings. The lowest BCUT2D eigenvalue weighted by Crippen LogP contribution is -2.43. The lowest BCUT2D eigenvalue weighted by atomic mass is 10.2. The first-order chi connectivity index (χ1) is 8.45. The highest BCUT2D eigenvalue weighted by Crippen LogP contribution is 2.38. The van der Waals surface area contributed by atoms with E-state index in [1.165, 1.54) is 0 Å². The highest BCUT2D eigenvalue weighted by atomic mass is 28.4. The second-order valence-electron chi connectivity index (χ2n) is 5.86. The molecule has 0 amide bonds. The van der Waals surface area contributed by atoms with Gasteiger partial charge in [-0.3, -0.25) is 10.1 Å². The van der Waals surface area contributed by atoms with Gasteiger partial charge in [-0.15, -0.1) is 0 Å². The number of nitrogens with zero attached hydrogens (tertiary/aromatic N) is 1. The molecule has 19 heavy (non-hydrogen) atoms. The van der Waals surface area contributed by atoms with E-state index in [-0.39, 0.29) is 10.8 Å². The Bertz CT molecular complexity index is 489. The molecule has 0 saturated heterocycles. The fourth-order valence-corrected chi connectivity index (χ4v) is 2.24. The normalized spacial score (nSPS) is 12.4. The number of hydrogen-bond donors (Lipinski definition) is 0. The van der Waals surface area contributed by atoms with Crippen molar-refractivity contribution in [2.24, 2.45) is 0 Å². The molecule has 0 spiro atoms. The highest BCUT2D eigenvalue weighted by molar-refractivity contribution is 6.74. The van der Waals surface area contributed by atoms with Gasteiger partial charge in [0.15, 0.2) is 0 Å². The SMILES string of the molecule is CC(C)(C)[Si](C)(C)Oc1cc(F)c([N+](=O)[O-])c(F)c1. The molecule has 0 fully saturated rings. The van der Waals surface area contributed by atoms with E-state index in [0.717, 1.165) is 12.1 Å². The fraction of sp³-hybridized carbons (Fsp3) is 0.500. The number of nitro groups is 1. The van der Waals surface area contributed by atoms with Crippen LogP contribution in [0.2, 0.25) is 18.1 Å². The summed E-state index contributed by atoms with van der Waals surface area (Å²) in [5.41, 5.74) is -1.15. The third-order valence-corrected chi connectivity index (χ3v) is 7.71. The number of benzene rings is 1. The maximum atomic E-state index is 13.5. The molecule has 1 aromatic carbocycles. The first-order valence-electron chi connectivity index (χ1n) is 5.78. The van der Waals surface area contributed by atoms with Crippen molar-refractivity contribution in [3.05, 3.63) is 33.9 Å². The molecule has 1 rings (SSSR count). The van der Waals surface area contributed by atoms with E-state index in [4.69, 9.17) is 4.43 Å². The number of halogens is 2. The second-order valence-corrected chi connectivity index (χ2v) is 10.6. The summed E-state index contributed by atoms with van der Waals surface area (Å²) in [5.74, 6) is -2.45. The average Bonchev–Trinajstić information content (AvgIpc) is 2.12. The van der Waals surface area contributed by atoms with Crippen LogP contribution in [0.4, 0.5) is 14.5 Å². The minimum Gasteiger partial charge on any atom is -0.543 e. The molecular formula is C12H17F2NO3Si. The maximum absolute atomic E-state index is 13.5. The molecule has 7 heteroatoms. The Labute approximate surface area is 111 Å². The van der Waals surface area contributed by atoms with Crippen LogP contribution < -0.4 is 4.43 Å². The van der Waals surface area contributed by atoms with Crippen molar-refractivity contribution in [3.63, 3.8) is 0 Å². The van der Waals surface area contributed by atoms with Crippen LogP contribution in [0.25, 0.3) is 0 Å². The van der Waals surface area contributed by atoms with Gasteiger partial charge in [0.2, 0.25) is 20.0 Å². The third-order valence-electron chi connectivity index (χ3n) is 3.35. The maximum Gasteiger partial charge on any atom is 0.340 e. The number of hydrogen-bond acceptors (Lipinski definition) is 3. The molecule has 0 unspecified atom stereocenters. The van der Waals surface area contributed by atoms with Gasteiger partial charge >= 0.3 is 5.69 Å². The van der Waals surface area contributed by atoms with Crippen LogP contribution in [0.15, 0.2) is 12.1 Å². The Kier molecular flexibility index (Phi) is 3.99. The van der Waals surface area contributed by atoms with E-state index >= 15 is 0 Å². The third kappa shape index (κ3) is 3.28. The van der Waals surface area contributed by atoms with Crippen molar-refractivity contribution >= 4 is 14.0 Å². The van der Waals surface area contributed by atoms with Gasteiger partial charge in [0, 0.05) is 12.1 Å². The van der Waals surface area contributed by atoms with Crippen LogP contribution in [-0.2, 0) is 0 Å². The topological polar surface area (TPSA) is 52.4 Å². The summed E-state index contributed by atoms with van der Waals surface area (Å²) in [5, 5.41) is 10.4. The van der Waals surface area contributed by atoms with Crippen LogP contribution >= 0.6 is 0 Å². The van der Waals surface area contributed by atoms with E-state index in [0.29, 0.717) is 0 Å². The predicted molar refractivity (Wildman–Crippen MR) is 70.8 cm³/mol. The molecular weight excluding hydrogens is 272 g/mol. The van der Waals surface area contributed by atoms with Gasteiger partial charge in [0.25, 0.3) is 0 Å². The summed E-state index contributed by atoms with van der Waals surface area (Å²) in [7, 11) is -2.24. The van der Waals surface area contributed by atoms with Crippen molar-refractivity contribution in [2.75, 3.05) is 0 Å². The molecule has 0 heterocycles. The van der Waals surface area contributed by atoms with Gasteiger partial charge in [-0.2, -0.15) is 8.78 Å². The summed E-state index contributed by atoms with van der Waals surface area (Å²) >= 11 is 0. The standard InChI is InChI=1S/C12H17F2NO3Si/c1-12(2,3)19(4,5)18-8-6-9(13)11(15(16)17)10(14)7-8/h6-7H,1-5H3. The first kappa shape index (κ1) is 15.6. The van der Waals surface area contributed by atoms with E-state index in [1.54, 1.807) is 0 Å². The second kappa shape index (κ2) is 4.88. The summed E-state index contributed by atoms with van der Waals surface area (Å²) < 4.78 is 32.7. The Morgan fingerprint density at radius 3 is 1.95 bits per heavy atom. The van der Waals surface area contributed by atoms with Crippen LogP contribution in [0.5, 0.6) is 5.75 Å². The highest BCUT2D eigenvalue weighted by Gasteiger charge is 2.39. The molecule has 0 aliphatic carbocycles. The molecule has 0 N–H and O–H groups in total. The molecule has 0 atom stereocenters. The van der Waals surface area contributed by atoms with Gasteiger partial charge in [0.1, 0.15) is 5.75 Å². The summed E-state index contributed by atoms with van der Waals surface area (Å²) in [6.45, 7) is 9.79. The van der Waals surface area contributed by atoms with Gasteiger partial charge < -0.3 is 4.43 Å². The molecule has 4 nitrogen and oxygen atoms in total. The monoisotopic (exact) mass is 289 g/mol. The summed E-state index contributed by atoms with van der Waals surface area (Å²) in [6, 6.07) is 1.73. The molecule has 1 aromatic rings. The molecule has 0 aliphatic heterocycles. The van der Waals surface area contributed by atoms with Gasteiger partial charge in [-0.25, -0.2) is 0 Å². The van der Waals surface area contributed by atoms with Crippen molar-refractivity contribution in [1.29, 1.82) is 0 Å². The van der Waals surface area contributed by atoms with Gasteiger partial charge in [0.05, 0.1) is 4.92 Å². The molecule has 106 valence electrons. The minimum atomic E-state index is -2.24. The Balaban J connectivity index is 3.16. The predicted octanol–water partition coefficient (Wildman–Crippen LogP) is 4.26. The summed E-state index contributed by atoms with van der Waals surface area (Å²) in [4.78, 5) is 9.41. The zero-order valence-corrected chi connectivity index (χ0v) is 12.6. The Morgan fingerprint density at radius 2 is 1.63 bits per heavy atom. The lowest BCUT2D eigenvalue weighted by molar-refractivity contribution is -0.390. The van der Waals surface area contributed by atoms with E-state index in [2.05, 4.69) is 0 Å². The largest absolute Gasteiger partial charge is 0.543 e. The first-order valence-corrected chi connectivity index (χ1v) is 8.69. The lowest BCUT2D eigenvalue weighted by Gasteiger charge is -2.36.